The zero-order valence-electron chi connectivity index (χ0n) is 15.2. The first kappa shape index (κ1) is 16.9. The number of nitrogens with zero attached hydrogens (tertiary/aromatic N) is 1. The van der Waals surface area contributed by atoms with E-state index in [0.717, 1.165) is 59.3 Å². The van der Waals surface area contributed by atoms with E-state index in [1.165, 1.54) is 0 Å². The molecule has 140 valence electrons. The minimum absolute atomic E-state index is 0.0632. The van der Waals surface area contributed by atoms with Crippen LogP contribution in [0.2, 0.25) is 5.02 Å². The number of hydrogen-bond acceptors (Lipinski definition) is 5. The molecule has 1 fully saturated rings. The summed E-state index contributed by atoms with van der Waals surface area (Å²) < 4.78 is 12.2. The van der Waals surface area contributed by atoms with Gasteiger partial charge in [-0.3, -0.25) is 0 Å². The van der Waals surface area contributed by atoms with E-state index in [9.17, 15) is 0 Å². The topological polar surface area (TPSA) is 45.8 Å². The number of rotatable bonds is 2. The highest BCUT2D eigenvalue weighted by Crippen LogP contribution is 2.51. The Hall–Kier alpha value is -2.21. The van der Waals surface area contributed by atoms with E-state index < -0.39 is 5.72 Å². The van der Waals surface area contributed by atoms with Gasteiger partial charge in [-0.1, -0.05) is 41.9 Å². The van der Waals surface area contributed by atoms with Crippen molar-refractivity contribution in [3.63, 3.8) is 0 Å². The van der Waals surface area contributed by atoms with E-state index in [-0.39, 0.29) is 6.04 Å². The molecule has 2 aromatic carbocycles. The Morgan fingerprint density at radius 2 is 1.96 bits per heavy atom. The second kappa shape index (κ2) is 6.44. The molecule has 0 aromatic heterocycles. The number of halogens is 1. The second-order valence-electron chi connectivity index (χ2n) is 7.16. The van der Waals surface area contributed by atoms with E-state index in [0.29, 0.717) is 0 Å². The molecular formula is C21H22ClN3O2. The average molecular weight is 384 g/mol. The summed E-state index contributed by atoms with van der Waals surface area (Å²) in [5.74, 6) is 1.63. The zero-order chi connectivity index (χ0) is 18.4. The fourth-order valence-electron chi connectivity index (χ4n) is 4.32. The van der Waals surface area contributed by atoms with Gasteiger partial charge in [-0.05, 0) is 18.2 Å². The van der Waals surface area contributed by atoms with Crippen LogP contribution in [0, 0.1) is 0 Å². The van der Waals surface area contributed by atoms with Gasteiger partial charge in [-0.25, -0.2) is 0 Å². The van der Waals surface area contributed by atoms with Crippen LogP contribution in [0.4, 0.5) is 0 Å². The smallest absolute Gasteiger partial charge is 0.183 e. The molecule has 1 spiro atoms. The number of nitrogens with one attached hydrogen (secondary N) is 2. The Morgan fingerprint density at radius 1 is 1.15 bits per heavy atom. The molecule has 0 bridgehead atoms. The van der Waals surface area contributed by atoms with Crippen LogP contribution in [0.5, 0.6) is 11.5 Å². The Bertz CT molecular complexity index is 908. The van der Waals surface area contributed by atoms with Crippen LogP contribution in [0.25, 0.3) is 5.70 Å². The zero-order valence-corrected chi connectivity index (χ0v) is 15.9. The molecule has 6 heteroatoms. The lowest BCUT2D eigenvalue weighted by atomic mass is 9.93. The fraction of sp³-hybridized carbons (Fsp3) is 0.333. The molecule has 3 aliphatic heterocycles. The first-order chi connectivity index (χ1) is 13.2. The molecule has 27 heavy (non-hydrogen) atoms. The molecule has 2 aromatic rings. The molecule has 0 amide bonds. The summed E-state index contributed by atoms with van der Waals surface area (Å²) in [5.41, 5.74) is 6.31. The van der Waals surface area contributed by atoms with Gasteiger partial charge in [0.05, 0.1) is 18.8 Å². The van der Waals surface area contributed by atoms with Crippen molar-refractivity contribution in [3.8, 4) is 11.5 Å². The molecule has 5 rings (SSSR count). The quantitative estimate of drug-likeness (QED) is 0.827. The lowest BCUT2D eigenvalue weighted by Crippen LogP contribution is -2.63. The van der Waals surface area contributed by atoms with Crippen molar-refractivity contribution >= 4 is 17.3 Å². The van der Waals surface area contributed by atoms with Crippen LogP contribution in [-0.4, -0.2) is 30.9 Å². The third kappa shape index (κ3) is 2.61. The van der Waals surface area contributed by atoms with E-state index in [1.807, 2.05) is 36.4 Å². The monoisotopic (exact) mass is 383 g/mol. The summed E-state index contributed by atoms with van der Waals surface area (Å²) in [6.45, 7) is 1.83. The van der Waals surface area contributed by atoms with Gasteiger partial charge < -0.3 is 20.2 Å². The van der Waals surface area contributed by atoms with E-state index >= 15 is 0 Å². The van der Waals surface area contributed by atoms with Gasteiger partial charge in [-0.15, -0.1) is 0 Å². The third-order valence-electron chi connectivity index (χ3n) is 5.67. The number of hydrazine groups is 1. The lowest BCUT2D eigenvalue weighted by molar-refractivity contribution is -0.147. The molecular weight excluding hydrogens is 362 g/mol. The molecule has 0 aliphatic carbocycles. The molecule has 0 radical (unpaired) electrons. The standard InChI is InChI=1S/C21H22ClN3O2/c1-26-19-8-4-6-15-18-13-17(14-5-2-3-7-16(14)22)24-25(18)21(27-20(15)19)9-11-23-12-10-21/h2-8,13,18,23-24H,9-12H2,1H3/t18-/m1/s1. The summed E-state index contributed by atoms with van der Waals surface area (Å²) in [6, 6.07) is 14.1. The maximum absolute atomic E-state index is 6.64. The van der Waals surface area contributed by atoms with Crippen LogP contribution >= 0.6 is 11.6 Å². The highest BCUT2D eigenvalue weighted by atomic mass is 35.5. The van der Waals surface area contributed by atoms with Crippen molar-refractivity contribution in [3.05, 3.63) is 64.7 Å². The Balaban J connectivity index is 1.64. The molecule has 1 atom stereocenters. The number of methoxy groups -OCH3 is 1. The molecule has 1 saturated heterocycles. The minimum Gasteiger partial charge on any atom is -0.493 e. The van der Waals surface area contributed by atoms with E-state index in [1.54, 1.807) is 7.11 Å². The normalized spacial score (nSPS) is 23.0. The number of hydrogen-bond donors (Lipinski definition) is 2. The number of ether oxygens (including phenoxy) is 2. The minimum atomic E-state index is -0.420. The molecule has 3 heterocycles. The second-order valence-corrected chi connectivity index (χ2v) is 7.57. The van der Waals surface area contributed by atoms with Crippen LogP contribution in [0.15, 0.2) is 48.5 Å². The third-order valence-corrected chi connectivity index (χ3v) is 6.00. The molecule has 5 nitrogen and oxygen atoms in total. The summed E-state index contributed by atoms with van der Waals surface area (Å²) in [4.78, 5) is 0. The summed E-state index contributed by atoms with van der Waals surface area (Å²) in [5, 5.41) is 6.43. The number of benzene rings is 2. The van der Waals surface area contributed by atoms with Crippen LogP contribution in [-0.2, 0) is 0 Å². The van der Waals surface area contributed by atoms with Crippen molar-refractivity contribution in [2.45, 2.75) is 24.6 Å². The summed E-state index contributed by atoms with van der Waals surface area (Å²) >= 11 is 6.47. The van der Waals surface area contributed by atoms with Gasteiger partial charge in [0, 0.05) is 42.1 Å². The fourth-order valence-corrected chi connectivity index (χ4v) is 4.56. The van der Waals surface area contributed by atoms with Gasteiger partial charge in [-0.2, -0.15) is 5.01 Å². The number of piperidine rings is 1. The predicted molar refractivity (Wildman–Crippen MR) is 106 cm³/mol. The number of fused-ring (bicyclic) bond motifs is 4. The van der Waals surface area contributed by atoms with Gasteiger partial charge in [0.15, 0.2) is 17.2 Å². The molecule has 0 unspecified atom stereocenters. The van der Waals surface area contributed by atoms with Crippen LogP contribution in [0.1, 0.15) is 30.0 Å². The first-order valence-electron chi connectivity index (χ1n) is 9.31. The van der Waals surface area contributed by atoms with Gasteiger partial charge >= 0.3 is 0 Å². The summed E-state index contributed by atoms with van der Waals surface area (Å²) in [7, 11) is 1.69. The first-order valence-corrected chi connectivity index (χ1v) is 9.69. The molecule has 3 aliphatic rings. The van der Waals surface area contributed by atoms with Gasteiger partial charge in [0.25, 0.3) is 0 Å². The SMILES string of the molecule is COc1cccc2c1OC1(CCNCC1)N1NC(c3ccccc3Cl)=C[C@H]21. The van der Waals surface area contributed by atoms with E-state index in [2.05, 4.69) is 27.9 Å². The Labute approximate surface area is 163 Å². The lowest BCUT2D eigenvalue weighted by Gasteiger charge is -2.50. The maximum Gasteiger partial charge on any atom is 0.183 e. The van der Waals surface area contributed by atoms with Crippen LogP contribution < -0.4 is 20.2 Å². The number of para-hydroxylation sites is 1. The molecule has 0 saturated carbocycles. The predicted octanol–water partition coefficient (Wildman–Crippen LogP) is 3.72. The van der Waals surface area contributed by atoms with Gasteiger partial charge in [0.2, 0.25) is 0 Å². The molecule has 2 N–H and O–H groups in total. The summed E-state index contributed by atoms with van der Waals surface area (Å²) in [6.07, 6.45) is 4.01. The highest BCUT2D eigenvalue weighted by Gasteiger charge is 2.51. The van der Waals surface area contributed by atoms with Crippen molar-refractivity contribution in [1.82, 2.24) is 15.8 Å². The van der Waals surface area contributed by atoms with Crippen molar-refractivity contribution in [2.24, 2.45) is 0 Å². The van der Waals surface area contributed by atoms with Gasteiger partial charge in [0.1, 0.15) is 0 Å². The maximum atomic E-state index is 6.64. The van der Waals surface area contributed by atoms with Crippen molar-refractivity contribution < 1.29 is 9.47 Å². The Kier molecular flexibility index (Phi) is 4.04. The Morgan fingerprint density at radius 3 is 2.74 bits per heavy atom. The average Bonchev–Trinajstić information content (AvgIpc) is 3.15. The highest BCUT2D eigenvalue weighted by molar-refractivity contribution is 6.32. The van der Waals surface area contributed by atoms with Crippen LogP contribution in [0.3, 0.4) is 0 Å². The largest absolute Gasteiger partial charge is 0.493 e. The van der Waals surface area contributed by atoms with Crippen molar-refractivity contribution in [2.75, 3.05) is 20.2 Å². The van der Waals surface area contributed by atoms with Crippen molar-refractivity contribution in [1.29, 1.82) is 0 Å². The van der Waals surface area contributed by atoms with E-state index in [4.69, 9.17) is 21.1 Å².